The van der Waals surface area contributed by atoms with Gasteiger partial charge in [0, 0.05) is 19.5 Å². The zero-order valence-corrected chi connectivity index (χ0v) is 9.22. The number of carbonyl (C=O) groups excluding carboxylic acids is 2. The Balaban J connectivity index is 2.20. The molecule has 0 aromatic heterocycles. The van der Waals surface area contributed by atoms with Gasteiger partial charge in [0.2, 0.25) is 11.8 Å². The number of thiol groups is 1. The van der Waals surface area contributed by atoms with E-state index in [1.165, 1.54) is 4.90 Å². The molecule has 0 saturated heterocycles. The highest BCUT2D eigenvalue weighted by molar-refractivity contribution is 7.80. The smallest absolute Gasteiger partial charge is 0.239 e. The number of nitrogens with zero attached hydrogens (tertiary/aromatic N) is 1. The number of hydrogen-bond donors (Lipinski definition) is 2. The Kier molecular flexibility index (Phi) is 4.25. The summed E-state index contributed by atoms with van der Waals surface area (Å²) in [5, 5.41) is 2.83. The summed E-state index contributed by atoms with van der Waals surface area (Å²) in [6.45, 7) is 0.156. The predicted octanol–water partition coefficient (Wildman–Crippen LogP) is 0.0433. The van der Waals surface area contributed by atoms with E-state index < -0.39 is 0 Å². The molecule has 1 rings (SSSR count). The molecular weight excluding hydrogens is 200 g/mol. The predicted molar refractivity (Wildman–Crippen MR) is 57.3 cm³/mol. The molecule has 2 amide bonds. The number of carbonyl (C=O) groups is 2. The first-order valence-corrected chi connectivity index (χ1v) is 5.41. The van der Waals surface area contributed by atoms with Crippen molar-refractivity contribution >= 4 is 24.4 Å². The van der Waals surface area contributed by atoms with E-state index in [0.717, 1.165) is 12.8 Å². The Morgan fingerprint density at radius 2 is 2.14 bits per heavy atom. The molecule has 0 aliphatic heterocycles. The monoisotopic (exact) mass is 216 g/mol. The van der Waals surface area contributed by atoms with E-state index in [4.69, 9.17) is 0 Å². The SMILES string of the molecule is CN(CC(=O)NC1CC1)C(=O)CCS. The van der Waals surface area contributed by atoms with Crippen molar-refractivity contribution < 1.29 is 9.59 Å². The van der Waals surface area contributed by atoms with Crippen molar-refractivity contribution in [2.75, 3.05) is 19.3 Å². The number of nitrogens with one attached hydrogen (secondary N) is 1. The lowest BCUT2D eigenvalue weighted by atomic mass is 10.4. The molecular formula is C9H16N2O2S. The van der Waals surface area contributed by atoms with Crippen molar-refractivity contribution in [3.63, 3.8) is 0 Å². The van der Waals surface area contributed by atoms with Gasteiger partial charge in [-0.3, -0.25) is 9.59 Å². The molecule has 14 heavy (non-hydrogen) atoms. The number of likely N-dealkylation sites (N-methyl/N-ethyl adjacent to an activating group) is 1. The minimum absolute atomic E-state index is 0.0362. The van der Waals surface area contributed by atoms with Gasteiger partial charge in [-0.25, -0.2) is 0 Å². The van der Waals surface area contributed by atoms with Gasteiger partial charge >= 0.3 is 0 Å². The summed E-state index contributed by atoms with van der Waals surface area (Å²) in [4.78, 5) is 24.0. The fourth-order valence-electron chi connectivity index (χ4n) is 1.09. The topological polar surface area (TPSA) is 49.4 Å². The van der Waals surface area contributed by atoms with E-state index in [9.17, 15) is 9.59 Å². The quantitative estimate of drug-likeness (QED) is 0.638. The molecule has 0 aromatic rings. The van der Waals surface area contributed by atoms with Crippen molar-refractivity contribution in [3.05, 3.63) is 0 Å². The Morgan fingerprint density at radius 1 is 1.50 bits per heavy atom. The lowest BCUT2D eigenvalue weighted by Crippen LogP contribution is -2.39. The summed E-state index contributed by atoms with van der Waals surface area (Å²) in [7, 11) is 1.64. The standard InChI is InChI=1S/C9H16N2O2S/c1-11(9(13)4-5-14)6-8(12)10-7-2-3-7/h7,14H,2-6H2,1H3,(H,10,12). The molecule has 0 bridgehead atoms. The summed E-state index contributed by atoms with van der Waals surface area (Å²) in [6, 6.07) is 0.357. The lowest BCUT2D eigenvalue weighted by Gasteiger charge is -2.15. The molecule has 0 atom stereocenters. The third-order valence-corrected chi connectivity index (χ3v) is 2.30. The summed E-state index contributed by atoms with van der Waals surface area (Å²) in [5.74, 6) is 0.418. The van der Waals surface area contributed by atoms with E-state index in [2.05, 4.69) is 17.9 Å². The lowest BCUT2D eigenvalue weighted by molar-refractivity contribution is -0.134. The average molecular weight is 216 g/mol. The average Bonchev–Trinajstić information content (AvgIpc) is 2.88. The van der Waals surface area contributed by atoms with Crippen LogP contribution >= 0.6 is 12.6 Å². The number of hydrogen-bond acceptors (Lipinski definition) is 3. The molecule has 0 heterocycles. The van der Waals surface area contributed by atoms with Gasteiger partial charge in [0.1, 0.15) is 0 Å². The first-order valence-electron chi connectivity index (χ1n) is 4.77. The first kappa shape index (κ1) is 11.4. The molecule has 5 heteroatoms. The number of amides is 2. The van der Waals surface area contributed by atoms with Gasteiger partial charge in [-0.1, -0.05) is 0 Å². The van der Waals surface area contributed by atoms with Crippen LogP contribution < -0.4 is 5.32 Å². The van der Waals surface area contributed by atoms with Crippen LogP contribution in [-0.2, 0) is 9.59 Å². The summed E-state index contributed by atoms with van der Waals surface area (Å²) < 4.78 is 0. The second kappa shape index (κ2) is 5.24. The summed E-state index contributed by atoms with van der Waals surface area (Å²) in [5.41, 5.74) is 0. The van der Waals surface area contributed by atoms with Crippen LogP contribution in [0.1, 0.15) is 19.3 Å². The molecule has 1 fully saturated rings. The minimum atomic E-state index is -0.0671. The second-order valence-corrected chi connectivity index (χ2v) is 4.01. The maximum absolute atomic E-state index is 11.3. The third-order valence-electron chi connectivity index (χ3n) is 2.07. The summed E-state index contributed by atoms with van der Waals surface area (Å²) in [6.07, 6.45) is 2.52. The highest BCUT2D eigenvalue weighted by atomic mass is 32.1. The van der Waals surface area contributed by atoms with Gasteiger partial charge in [-0.15, -0.1) is 0 Å². The Bertz CT molecular complexity index is 229. The van der Waals surface area contributed by atoms with E-state index >= 15 is 0 Å². The minimum Gasteiger partial charge on any atom is -0.352 e. The highest BCUT2D eigenvalue weighted by Gasteiger charge is 2.24. The molecule has 0 aromatic carbocycles. The maximum Gasteiger partial charge on any atom is 0.239 e. The van der Waals surface area contributed by atoms with Gasteiger partial charge in [0.25, 0.3) is 0 Å². The van der Waals surface area contributed by atoms with Crippen molar-refractivity contribution in [3.8, 4) is 0 Å². The zero-order valence-electron chi connectivity index (χ0n) is 8.32. The van der Waals surface area contributed by atoms with Crippen LogP contribution in [0.3, 0.4) is 0 Å². The van der Waals surface area contributed by atoms with Crippen LogP contribution in [0.4, 0.5) is 0 Å². The molecule has 1 aliphatic rings. The van der Waals surface area contributed by atoms with Crippen LogP contribution in [0, 0.1) is 0 Å². The van der Waals surface area contributed by atoms with Gasteiger partial charge < -0.3 is 10.2 Å². The molecule has 4 nitrogen and oxygen atoms in total. The fourth-order valence-corrected chi connectivity index (χ4v) is 1.28. The normalized spacial score (nSPS) is 15.0. The van der Waals surface area contributed by atoms with Gasteiger partial charge in [-0.2, -0.15) is 12.6 Å². The van der Waals surface area contributed by atoms with Crippen LogP contribution in [0.5, 0.6) is 0 Å². The van der Waals surface area contributed by atoms with E-state index in [1.807, 2.05) is 0 Å². The summed E-state index contributed by atoms with van der Waals surface area (Å²) >= 11 is 3.96. The molecule has 1 N–H and O–H groups in total. The Morgan fingerprint density at radius 3 is 2.64 bits per heavy atom. The van der Waals surface area contributed by atoms with Crippen molar-refractivity contribution in [1.29, 1.82) is 0 Å². The van der Waals surface area contributed by atoms with E-state index in [0.29, 0.717) is 18.2 Å². The number of rotatable bonds is 5. The Hall–Kier alpha value is -0.710. The largest absolute Gasteiger partial charge is 0.352 e. The molecule has 0 radical (unpaired) electrons. The van der Waals surface area contributed by atoms with Gasteiger partial charge in [0.15, 0.2) is 0 Å². The first-order chi connectivity index (χ1) is 6.63. The molecule has 1 aliphatic carbocycles. The van der Waals surface area contributed by atoms with Crippen molar-refractivity contribution in [2.24, 2.45) is 0 Å². The van der Waals surface area contributed by atoms with E-state index in [1.54, 1.807) is 7.05 Å². The zero-order chi connectivity index (χ0) is 10.6. The Labute approximate surface area is 89.4 Å². The highest BCUT2D eigenvalue weighted by Crippen LogP contribution is 2.18. The maximum atomic E-state index is 11.3. The molecule has 0 unspecified atom stereocenters. The molecule has 80 valence electrons. The van der Waals surface area contributed by atoms with Crippen LogP contribution in [0.25, 0.3) is 0 Å². The van der Waals surface area contributed by atoms with E-state index in [-0.39, 0.29) is 18.4 Å². The third kappa shape index (κ3) is 4.00. The van der Waals surface area contributed by atoms with Crippen LogP contribution in [-0.4, -0.2) is 42.1 Å². The van der Waals surface area contributed by atoms with Crippen molar-refractivity contribution in [2.45, 2.75) is 25.3 Å². The van der Waals surface area contributed by atoms with Crippen LogP contribution in [0.15, 0.2) is 0 Å². The van der Waals surface area contributed by atoms with Crippen molar-refractivity contribution in [1.82, 2.24) is 10.2 Å². The molecule has 0 spiro atoms. The molecule has 1 saturated carbocycles. The van der Waals surface area contributed by atoms with Crippen LogP contribution in [0.2, 0.25) is 0 Å². The van der Waals surface area contributed by atoms with Gasteiger partial charge in [-0.05, 0) is 18.6 Å². The second-order valence-electron chi connectivity index (χ2n) is 3.57. The fraction of sp³-hybridized carbons (Fsp3) is 0.778. The van der Waals surface area contributed by atoms with Gasteiger partial charge in [0.05, 0.1) is 6.54 Å².